The Morgan fingerprint density at radius 1 is 0.312 bits per heavy atom. The molecule has 0 unspecified atom stereocenters. The van der Waals surface area contributed by atoms with Crippen molar-refractivity contribution in [2.24, 2.45) is 0 Å². The van der Waals surface area contributed by atoms with Gasteiger partial charge in [-0.15, -0.1) is 0 Å². The van der Waals surface area contributed by atoms with Gasteiger partial charge in [0.1, 0.15) is 0 Å². The number of para-hydroxylation sites is 2. The summed E-state index contributed by atoms with van der Waals surface area (Å²) in [5.41, 5.74) is 8.32. The van der Waals surface area contributed by atoms with E-state index in [-0.39, 0.29) is 16.7 Å². The number of alkyl halides is 3. The van der Waals surface area contributed by atoms with Crippen molar-refractivity contribution in [3.63, 3.8) is 0 Å². The molecule has 0 saturated heterocycles. The number of hydrogen-bond acceptors (Lipinski definition) is 7. The number of halogens is 3. The molecule has 0 atom stereocenters. The molecule has 0 aliphatic carbocycles. The minimum absolute atomic E-state index is 0.0661. The zero-order chi connectivity index (χ0) is 53.9. The Hall–Kier alpha value is -10.9. The smallest absolute Gasteiger partial charge is 0.307 e. The highest BCUT2D eigenvalue weighted by Crippen LogP contribution is 2.45. The highest BCUT2D eigenvalue weighted by Gasteiger charge is 2.35. The van der Waals surface area contributed by atoms with E-state index in [1.54, 1.807) is 18.2 Å². The first-order chi connectivity index (χ1) is 39.3. The highest BCUT2D eigenvalue weighted by atomic mass is 19.4. The maximum atomic E-state index is 15.1. The molecule has 0 N–H and O–H groups in total. The van der Waals surface area contributed by atoms with Gasteiger partial charge in [0, 0.05) is 60.5 Å². The molecule has 0 saturated carbocycles. The zero-order valence-electron chi connectivity index (χ0n) is 42.3. The minimum Gasteiger partial charge on any atom is -0.307 e. The summed E-state index contributed by atoms with van der Waals surface area (Å²) in [7, 11) is 0. The van der Waals surface area contributed by atoms with Crippen LogP contribution in [0.15, 0.2) is 243 Å². The van der Waals surface area contributed by atoms with Crippen molar-refractivity contribution in [3.05, 3.63) is 254 Å². The van der Waals surface area contributed by atoms with E-state index in [0.717, 1.165) is 83.1 Å². The maximum Gasteiger partial charge on any atom is 0.417 e. The number of aromatic nitrogens is 8. The summed E-state index contributed by atoms with van der Waals surface area (Å²) in [4.78, 5) is 30.0. The molecule has 0 radical (unpaired) electrons. The van der Waals surface area contributed by atoms with Crippen LogP contribution in [0.3, 0.4) is 0 Å². The predicted octanol–water partition coefficient (Wildman–Crippen LogP) is 16.8. The van der Waals surface area contributed by atoms with E-state index in [9.17, 15) is 5.26 Å². The van der Waals surface area contributed by atoms with Crippen LogP contribution in [0.25, 0.3) is 134 Å². The van der Waals surface area contributed by atoms with Gasteiger partial charge in [0.15, 0.2) is 34.9 Å². The minimum atomic E-state index is -4.71. The van der Waals surface area contributed by atoms with Crippen LogP contribution in [0, 0.1) is 11.3 Å². The van der Waals surface area contributed by atoms with Gasteiger partial charge >= 0.3 is 6.18 Å². The first-order valence-electron chi connectivity index (χ1n) is 25.8. The summed E-state index contributed by atoms with van der Waals surface area (Å²) in [6.07, 6.45) is -4.71. The van der Waals surface area contributed by atoms with Crippen LogP contribution in [0.2, 0.25) is 0 Å². The van der Waals surface area contributed by atoms with Gasteiger partial charge < -0.3 is 9.13 Å². The van der Waals surface area contributed by atoms with E-state index < -0.39 is 11.7 Å². The second-order valence-electron chi connectivity index (χ2n) is 19.3. The van der Waals surface area contributed by atoms with Crippen LogP contribution in [0.1, 0.15) is 11.1 Å². The summed E-state index contributed by atoms with van der Waals surface area (Å²) in [5, 5.41) is 14.6. The molecular weight excluding hydrogens is 1000 g/mol. The van der Waals surface area contributed by atoms with Crippen molar-refractivity contribution in [3.8, 4) is 96.9 Å². The number of nitrogens with zero attached hydrogens (tertiary/aromatic N) is 9. The molecule has 378 valence electrons. The van der Waals surface area contributed by atoms with E-state index in [4.69, 9.17) is 29.9 Å². The molecule has 14 rings (SSSR count). The zero-order valence-corrected chi connectivity index (χ0v) is 42.3. The highest BCUT2D eigenvalue weighted by molar-refractivity contribution is 6.13. The van der Waals surface area contributed by atoms with Crippen molar-refractivity contribution >= 4 is 43.6 Å². The first-order valence-corrected chi connectivity index (χ1v) is 25.8. The lowest BCUT2D eigenvalue weighted by atomic mass is 9.94. The van der Waals surface area contributed by atoms with Crippen LogP contribution < -0.4 is 0 Å². The van der Waals surface area contributed by atoms with E-state index in [2.05, 4.69) is 27.3 Å². The van der Waals surface area contributed by atoms with Crippen molar-refractivity contribution in [1.29, 1.82) is 5.26 Å². The average Bonchev–Trinajstić information content (AvgIpc) is 4.13. The molecule has 0 spiro atoms. The van der Waals surface area contributed by atoms with E-state index in [1.165, 1.54) is 12.1 Å². The summed E-state index contributed by atoms with van der Waals surface area (Å²) in [6.45, 7) is 0. The third-order valence-electron chi connectivity index (χ3n) is 14.5. The van der Waals surface area contributed by atoms with Gasteiger partial charge in [0.05, 0.1) is 50.6 Å². The van der Waals surface area contributed by atoms with Crippen molar-refractivity contribution < 1.29 is 13.2 Å². The fourth-order valence-electron chi connectivity index (χ4n) is 10.8. The van der Waals surface area contributed by atoms with Gasteiger partial charge in [0.25, 0.3) is 0 Å². The molecule has 9 nitrogen and oxygen atoms in total. The first kappa shape index (κ1) is 47.5. The Morgan fingerprint density at radius 3 is 1.05 bits per heavy atom. The van der Waals surface area contributed by atoms with Gasteiger partial charge in [-0.2, -0.15) is 18.4 Å². The summed E-state index contributed by atoms with van der Waals surface area (Å²) >= 11 is 0. The standard InChI is InChI=1S/C68H40F3N9/c69-68(70,71)55-30-16-13-27-49(55)52-40-61(80-57-32-18-15-29-51(57)54-38-47(34-36-59(54)80)67-77-64(44-23-9-3-10-24-44)74-65(78-67)45-25-11-4-12-26-45)60(39-48(52)41-72)79-56-31-17-14-28-50(56)53-37-46(33-35-58(53)79)66-75-62(42-19-5-1-6-20-42)73-63(76-66)43-21-7-2-8-22-43/h1-40H. The molecular formula is C68H40F3N9. The molecule has 80 heavy (non-hydrogen) atoms. The maximum absolute atomic E-state index is 15.1. The number of fused-ring (bicyclic) bond motifs is 6. The van der Waals surface area contributed by atoms with Gasteiger partial charge in [-0.1, -0.05) is 176 Å². The van der Waals surface area contributed by atoms with E-state index in [1.807, 2.05) is 194 Å². The second kappa shape index (κ2) is 19.3. The Kier molecular flexibility index (Phi) is 11.5. The summed E-state index contributed by atoms with van der Waals surface area (Å²) < 4.78 is 49.4. The lowest BCUT2D eigenvalue weighted by molar-refractivity contribution is -0.137. The van der Waals surface area contributed by atoms with Gasteiger partial charge in [-0.25, -0.2) is 29.9 Å². The molecule has 12 heteroatoms. The third kappa shape index (κ3) is 8.29. The predicted molar refractivity (Wildman–Crippen MR) is 310 cm³/mol. The molecule has 0 aliphatic heterocycles. The molecule has 14 aromatic rings. The molecule has 0 fully saturated rings. The second-order valence-corrected chi connectivity index (χ2v) is 19.3. The summed E-state index contributed by atoms with van der Waals surface area (Å²) in [5.74, 6) is 3.04. The number of hydrogen-bond donors (Lipinski definition) is 0. The van der Waals surface area contributed by atoms with Crippen molar-refractivity contribution in [1.82, 2.24) is 39.0 Å². The third-order valence-corrected chi connectivity index (χ3v) is 14.5. The number of rotatable bonds is 9. The van der Waals surface area contributed by atoms with Gasteiger partial charge in [0.2, 0.25) is 0 Å². The molecule has 0 bridgehead atoms. The largest absolute Gasteiger partial charge is 0.417 e. The van der Waals surface area contributed by atoms with Gasteiger partial charge in [-0.05, 0) is 72.3 Å². The van der Waals surface area contributed by atoms with Crippen molar-refractivity contribution in [2.75, 3.05) is 0 Å². The van der Waals surface area contributed by atoms with E-state index in [0.29, 0.717) is 46.3 Å². The van der Waals surface area contributed by atoms with Gasteiger partial charge in [-0.3, -0.25) is 0 Å². The van der Waals surface area contributed by atoms with Crippen molar-refractivity contribution in [2.45, 2.75) is 6.18 Å². The van der Waals surface area contributed by atoms with Crippen LogP contribution in [-0.2, 0) is 6.18 Å². The Labute approximate surface area is 455 Å². The van der Waals surface area contributed by atoms with Crippen LogP contribution in [0.4, 0.5) is 13.2 Å². The molecule has 4 aromatic heterocycles. The van der Waals surface area contributed by atoms with Crippen LogP contribution >= 0.6 is 0 Å². The fourth-order valence-corrected chi connectivity index (χ4v) is 10.8. The lowest BCUT2D eigenvalue weighted by Gasteiger charge is -2.21. The SMILES string of the molecule is N#Cc1cc(-n2c3ccccc3c3cc(-c4nc(-c5ccccc5)nc(-c5ccccc5)n4)ccc32)c(-n2c3ccccc3c3cc(-c4nc(-c5ccccc5)nc(-c5ccccc5)n4)ccc32)cc1-c1ccccc1C(F)(F)F. The molecule has 0 aliphatic rings. The molecule has 10 aromatic carbocycles. The Bertz CT molecular complexity index is 4650. The fraction of sp³-hybridized carbons (Fsp3) is 0.0147. The Morgan fingerprint density at radius 2 is 0.650 bits per heavy atom. The summed E-state index contributed by atoms with van der Waals surface area (Å²) in [6, 6.07) is 78.4. The van der Waals surface area contributed by atoms with Crippen LogP contribution in [0.5, 0.6) is 0 Å². The van der Waals surface area contributed by atoms with Crippen LogP contribution in [-0.4, -0.2) is 39.0 Å². The quantitative estimate of drug-likeness (QED) is 0.142. The number of nitriles is 1. The average molecular weight is 1040 g/mol. The normalized spacial score (nSPS) is 11.7. The molecule has 0 amide bonds. The van der Waals surface area contributed by atoms with E-state index >= 15 is 13.2 Å². The topological polar surface area (TPSA) is 111 Å². The monoisotopic (exact) mass is 1040 g/mol. The Balaban J connectivity index is 1.02. The number of benzene rings is 10. The molecule has 4 heterocycles. The lowest BCUT2D eigenvalue weighted by Crippen LogP contribution is -2.09.